The van der Waals surface area contributed by atoms with E-state index in [0.29, 0.717) is 6.54 Å². The lowest BCUT2D eigenvalue weighted by Crippen LogP contribution is -2.41. The Bertz CT molecular complexity index is 611. The number of aromatic nitrogens is 3. The van der Waals surface area contributed by atoms with Crippen molar-refractivity contribution in [1.29, 1.82) is 0 Å². The maximum absolute atomic E-state index is 12.3. The number of urea groups is 1. The number of nitrogens with one attached hydrogen (secondary N) is 1. The van der Waals surface area contributed by atoms with Gasteiger partial charge in [0.25, 0.3) is 0 Å². The molecule has 0 saturated carbocycles. The number of thiazole rings is 1. The summed E-state index contributed by atoms with van der Waals surface area (Å²) < 4.78 is 1.74. The Balaban J connectivity index is 1.51. The summed E-state index contributed by atoms with van der Waals surface area (Å²) in [5.41, 5.74) is 1.01. The Morgan fingerprint density at radius 1 is 1.36 bits per heavy atom. The highest BCUT2D eigenvalue weighted by Gasteiger charge is 2.20. The summed E-state index contributed by atoms with van der Waals surface area (Å²) in [6, 6.07) is -0.00941. The van der Waals surface area contributed by atoms with Gasteiger partial charge in [-0.3, -0.25) is 4.68 Å². The molecule has 1 aliphatic rings. The summed E-state index contributed by atoms with van der Waals surface area (Å²) >= 11 is 1.64. The summed E-state index contributed by atoms with van der Waals surface area (Å²) in [4.78, 5) is 20.8. The standard InChI is InChI=1S/C14H20N6OS/c1-18-11-12(10-17-18)9-16-13(21)19-4-2-5-20(7-6-19)14-15-3-8-22-14/h3,8,10-11H,2,4-7,9H2,1H3,(H,16,21). The first-order chi connectivity index (χ1) is 10.7. The minimum Gasteiger partial charge on any atom is -0.346 e. The van der Waals surface area contributed by atoms with Crippen LogP contribution in [0.4, 0.5) is 9.93 Å². The molecule has 0 radical (unpaired) electrons. The fourth-order valence-corrected chi connectivity index (χ4v) is 3.23. The maximum Gasteiger partial charge on any atom is 0.317 e. The van der Waals surface area contributed by atoms with E-state index in [1.807, 2.05) is 29.7 Å². The average molecular weight is 320 g/mol. The second-order valence-corrected chi connectivity index (χ2v) is 6.20. The van der Waals surface area contributed by atoms with Gasteiger partial charge >= 0.3 is 6.03 Å². The number of nitrogens with zero attached hydrogens (tertiary/aromatic N) is 5. The lowest BCUT2D eigenvalue weighted by molar-refractivity contribution is 0.201. The molecule has 1 saturated heterocycles. The maximum atomic E-state index is 12.3. The predicted molar refractivity (Wildman–Crippen MR) is 86.0 cm³/mol. The van der Waals surface area contributed by atoms with Crippen LogP contribution in [0.5, 0.6) is 0 Å². The van der Waals surface area contributed by atoms with Crippen LogP contribution in [0.15, 0.2) is 24.0 Å². The van der Waals surface area contributed by atoms with Gasteiger partial charge in [0.1, 0.15) is 0 Å². The van der Waals surface area contributed by atoms with Gasteiger partial charge in [0, 0.05) is 63.1 Å². The summed E-state index contributed by atoms with van der Waals surface area (Å²) in [7, 11) is 1.87. The van der Waals surface area contributed by atoms with Crippen LogP contribution in [0.3, 0.4) is 0 Å². The smallest absolute Gasteiger partial charge is 0.317 e. The van der Waals surface area contributed by atoms with Crippen molar-refractivity contribution >= 4 is 22.5 Å². The largest absolute Gasteiger partial charge is 0.346 e. The molecule has 0 spiro atoms. The zero-order valence-electron chi connectivity index (χ0n) is 12.6. The van der Waals surface area contributed by atoms with Crippen LogP contribution >= 0.6 is 11.3 Å². The van der Waals surface area contributed by atoms with E-state index in [0.717, 1.165) is 43.3 Å². The quantitative estimate of drug-likeness (QED) is 0.926. The number of carbonyl (C=O) groups excluding carboxylic acids is 1. The number of aryl methyl sites for hydroxylation is 1. The summed E-state index contributed by atoms with van der Waals surface area (Å²) in [5.74, 6) is 0. The molecule has 7 nitrogen and oxygen atoms in total. The molecule has 0 aromatic carbocycles. The van der Waals surface area contributed by atoms with Crippen LogP contribution in [0.1, 0.15) is 12.0 Å². The van der Waals surface area contributed by atoms with Gasteiger partial charge in [-0.25, -0.2) is 9.78 Å². The average Bonchev–Trinajstić information content (AvgIpc) is 3.12. The zero-order chi connectivity index (χ0) is 15.4. The van der Waals surface area contributed by atoms with Gasteiger partial charge in [0.05, 0.1) is 6.20 Å². The Morgan fingerprint density at radius 3 is 3.00 bits per heavy atom. The van der Waals surface area contributed by atoms with Gasteiger partial charge in [0.15, 0.2) is 5.13 Å². The second-order valence-electron chi connectivity index (χ2n) is 5.32. The SMILES string of the molecule is Cn1cc(CNC(=O)N2CCCN(c3nccs3)CC2)cn1. The van der Waals surface area contributed by atoms with Crippen LogP contribution < -0.4 is 10.2 Å². The molecule has 3 rings (SSSR count). The van der Waals surface area contributed by atoms with Crippen molar-refractivity contribution in [2.75, 3.05) is 31.1 Å². The number of hydrogen-bond acceptors (Lipinski definition) is 5. The number of hydrogen-bond donors (Lipinski definition) is 1. The fraction of sp³-hybridized carbons (Fsp3) is 0.500. The highest BCUT2D eigenvalue weighted by molar-refractivity contribution is 7.13. The van der Waals surface area contributed by atoms with Gasteiger partial charge in [0.2, 0.25) is 0 Å². The number of rotatable bonds is 3. The molecule has 0 atom stereocenters. The van der Waals surface area contributed by atoms with E-state index in [1.165, 1.54) is 0 Å². The van der Waals surface area contributed by atoms with Crippen molar-refractivity contribution in [3.8, 4) is 0 Å². The molecule has 2 aromatic heterocycles. The van der Waals surface area contributed by atoms with E-state index in [2.05, 4.69) is 20.3 Å². The first-order valence-electron chi connectivity index (χ1n) is 7.37. The molecular formula is C14H20N6OS. The molecule has 1 aliphatic heterocycles. The lowest BCUT2D eigenvalue weighted by Gasteiger charge is -2.21. The summed E-state index contributed by atoms with van der Waals surface area (Å²) in [5, 5.41) is 10.1. The molecule has 118 valence electrons. The second kappa shape index (κ2) is 6.78. The Hall–Kier alpha value is -2.09. The molecular weight excluding hydrogens is 300 g/mol. The molecule has 22 heavy (non-hydrogen) atoms. The van der Waals surface area contributed by atoms with Crippen molar-refractivity contribution < 1.29 is 4.79 Å². The third-order valence-electron chi connectivity index (χ3n) is 3.68. The molecule has 8 heteroatoms. The Labute approximate surface area is 133 Å². The van der Waals surface area contributed by atoms with Crippen LogP contribution in [-0.2, 0) is 13.6 Å². The van der Waals surface area contributed by atoms with Crippen LogP contribution in [0.2, 0.25) is 0 Å². The van der Waals surface area contributed by atoms with Crippen molar-refractivity contribution in [3.63, 3.8) is 0 Å². The molecule has 0 unspecified atom stereocenters. The van der Waals surface area contributed by atoms with Gasteiger partial charge in [-0.1, -0.05) is 0 Å². The number of anilines is 1. The third kappa shape index (κ3) is 3.56. The Kier molecular flexibility index (Phi) is 4.57. The molecule has 2 aromatic rings. The minimum absolute atomic E-state index is 0.00941. The molecule has 1 fully saturated rings. The molecule has 0 bridgehead atoms. The monoisotopic (exact) mass is 320 g/mol. The molecule has 0 aliphatic carbocycles. The van der Waals surface area contributed by atoms with E-state index in [-0.39, 0.29) is 6.03 Å². The molecule has 2 amide bonds. The van der Waals surface area contributed by atoms with Crippen molar-refractivity contribution in [2.24, 2.45) is 7.05 Å². The van der Waals surface area contributed by atoms with E-state index in [4.69, 9.17) is 0 Å². The molecule has 3 heterocycles. The lowest BCUT2D eigenvalue weighted by atomic mass is 10.3. The third-order valence-corrected chi connectivity index (χ3v) is 4.51. The van der Waals surface area contributed by atoms with Gasteiger partial charge in [-0.2, -0.15) is 5.10 Å². The van der Waals surface area contributed by atoms with Gasteiger partial charge in [-0.05, 0) is 6.42 Å². The first-order valence-corrected chi connectivity index (χ1v) is 8.25. The van der Waals surface area contributed by atoms with Crippen molar-refractivity contribution in [2.45, 2.75) is 13.0 Å². The van der Waals surface area contributed by atoms with Crippen LogP contribution in [0, 0.1) is 0 Å². The van der Waals surface area contributed by atoms with Gasteiger partial charge in [-0.15, -0.1) is 11.3 Å². The highest BCUT2D eigenvalue weighted by Crippen LogP contribution is 2.18. The normalized spacial score (nSPS) is 15.7. The summed E-state index contributed by atoms with van der Waals surface area (Å²) in [6.07, 6.45) is 6.46. The topological polar surface area (TPSA) is 66.3 Å². The minimum atomic E-state index is -0.00941. The fourth-order valence-electron chi connectivity index (χ4n) is 2.54. The first kappa shape index (κ1) is 14.8. The van der Waals surface area contributed by atoms with Crippen LogP contribution in [-0.4, -0.2) is 51.9 Å². The van der Waals surface area contributed by atoms with Gasteiger partial charge < -0.3 is 15.1 Å². The van der Waals surface area contributed by atoms with E-state index >= 15 is 0 Å². The Morgan fingerprint density at radius 2 is 2.27 bits per heavy atom. The molecule has 1 N–H and O–H groups in total. The number of carbonyl (C=O) groups is 1. The summed E-state index contributed by atoms with van der Waals surface area (Å²) in [6.45, 7) is 3.78. The van der Waals surface area contributed by atoms with Crippen molar-refractivity contribution in [3.05, 3.63) is 29.5 Å². The van der Waals surface area contributed by atoms with Crippen LogP contribution in [0.25, 0.3) is 0 Å². The predicted octanol–water partition coefficient (Wildman–Crippen LogP) is 1.30. The zero-order valence-corrected chi connectivity index (χ0v) is 13.4. The number of amides is 2. The van der Waals surface area contributed by atoms with E-state index in [1.54, 1.807) is 22.2 Å². The van der Waals surface area contributed by atoms with E-state index in [9.17, 15) is 4.79 Å². The highest BCUT2D eigenvalue weighted by atomic mass is 32.1. The van der Waals surface area contributed by atoms with Crippen molar-refractivity contribution in [1.82, 2.24) is 25.0 Å². The van der Waals surface area contributed by atoms with E-state index < -0.39 is 0 Å².